The molecule has 2 aliphatic heterocycles. The van der Waals surface area contributed by atoms with Crippen LogP contribution in [0.3, 0.4) is 0 Å². The highest BCUT2D eigenvalue weighted by Crippen LogP contribution is 2.33. The molecule has 0 saturated carbocycles. The van der Waals surface area contributed by atoms with Gasteiger partial charge < -0.3 is 19.3 Å². The SMILES string of the molecule is COc1cc2c(cc1OC)CN(C(=O)N1CCC(Cc3ccccc3)CC1)CC2. The fourth-order valence-corrected chi connectivity index (χ4v) is 4.52. The van der Waals surface area contributed by atoms with E-state index in [1.165, 1.54) is 11.1 Å². The molecule has 2 aromatic rings. The molecule has 0 unspecified atom stereocenters. The molecule has 0 spiro atoms. The zero-order valence-corrected chi connectivity index (χ0v) is 17.4. The van der Waals surface area contributed by atoms with E-state index in [4.69, 9.17) is 9.47 Å². The number of hydrogen-bond acceptors (Lipinski definition) is 3. The van der Waals surface area contributed by atoms with E-state index in [1.54, 1.807) is 14.2 Å². The number of likely N-dealkylation sites (tertiary alicyclic amines) is 1. The Morgan fingerprint density at radius 3 is 2.24 bits per heavy atom. The van der Waals surface area contributed by atoms with E-state index >= 15 is 0 Å². The lowest BCUT2D eigenvalue weighted by atomic mass is 9.90. The summed E-state index contributed by atoms with van der Waals surface area (Å²) in [5, 5.41) is 0. The number of carbonyl (C=O) groups is 1. The van der Waals surface area contributed by atoms with Gasteiger partial charge in [-0.1, -0.05) is 30.3 Å². The van der Waals surface area contributed by atoms with Crippen LogP contribution in [-0.4, -0.2) is 49.7 Å². The number of rotatable bonds is 4. The molecule has 2 heterocycles. The molecule has 2 aromatic carbocycles. The number of nitrogens with zero attached hydrogens (tertiary/aromatic N) is 2. The van der Waals surface area contributed by atoms with Gasteiger partial charge in [0.25, 0.3) is 0 Å². The van der Waals surface area contributed by atoms with Gasteiger partial charge in [-0.15, -0.1) is 0 Å². The summed E-state index contributed by atoms with van der Waals surface area (Å²) < 4.78 is 10.8. The summed E-state index contributed by atoms with van der Waals surface area (Å²) in [5.41, 5.74) is 3.80. The first kappa shape index (κ1) is 19.6. The third-order valence-electron chi connectivity index (χ3n) is 6.24. The summed E-state index contributed by atoms with van der Waals surface area (Å²) in [7, 11) is 3.31. The zero-order chi connectivity index (χ0) is 20.2. The fraction of sp³-hybridized carbons (Fsp3) is 0.458. The second kappa shape index (κ2) is 8.76. The molecule has 5 nitrogen and oxygen atoms in total. The number of fused-ring (bicyclic) bond motifs is 1. The lowest BCUT2D eigenvalue weighted by molar-refractivity contribution is 0.128. The largest absolute Gasteiger partial charge is 0.493 e. The molecule has 0 aliphatic carbocycles. The minimum Gasteiger partial charge on any atom is -0.493 e. The van der Waals surface area contributed by atoms with E-state index in [1.807, 2.05) is 21.9 Å². The van der Waals surface area contributed by atoms with Crippen LogP contribution in [0.2, 0.25) is 0 Å². The van der Waals surface area contributed by atoms with Gasteiger partial charge in [-0.2, -0.15) is 0 Å². The maximum Gasteiger partial charge on any atom is 0.320 e. The number of hydrogen-bond donors (Lipinski definition) is 0. The fourth-order valence-electron chi connectivity index (χ4n) is 4.52. The van der Waals surface area contributed by atoms with Gasteiger partial charge in [0.05, 0.1) is 14.2 Å². The predicted molar refractivity (Wildman–Crippen MR) is 113 cm³/mol. The van der Waals surface area contributed by atoms with Crippen LogP contribution < -0.4 is 9.47 Å². The van der Waals surface area contributed by atoms with E-state index in [0.717, 1.165) is 62.4 Å². The molecule has 0 atom stereocenters. The Morgan fingerprint density at radius 2 is 1.59 bits per heavy atom. The Bertz CT molecular complexity index is 845. The van der Waals surface area contributed by atoms with E-state index in [0.29, 0.717) is 12.5 Å². The number of urea groups is 1. The second-order valence-electron chi connectivity index (χ2n) is 8.05. The van der Waals surface area contributed by atoms with Gasteiger partial charge in [-0.05, 0) is 60.4 Å². The monoisotopic (exact) mass is 394 g/mol. The molecule has 0 bridgehead atoms. The van der Waals surface area contributed by atoms with E-state index in [9.17, 15) is 4.79 Å². The first-order valence-electron chi connectivity index (χ1n) is 10.5. The van der Waals surface area contributed by atoms with Gasteiger partial charge in [-0.25, -0.2) is 4.79 Å². The van der Waals surface area contributed by atoms with Crippen LogP contribution >= 0.6 is 0 Å². The van der Waals surface area contributed by atoms with E-state index in [-0.39, 0.29) is 6.03 Å². The highest BCUT2D eigenvalue weighted by Gasteiger charge is 2.29. The number of ether oxygens (including phenoxy) is 2. The van der Waals surface area contributed by atoms with Crippen molar-refractivity contribution in [3.05, 3.63) is 59.2 Å². The Labute approximate surface area is 173 Å². The average molecular weight is 395 g/mol. The highest BCUT2D eigenvalue weighted by molar-refractivity contribution is 5.75. The molecular weight excluding hydrogens is 364 g/mol. The summed E-state index contributed by atoms with van der Waals surface area (Å²) in [5.74, 6) is 2.15. The van der Waals surface area contributed by atoms with Gasteiger partial charge in [0.15, 0.2) is 11.5 Å². The van der Waals surface area contributed by atoms with Crippen molar-refractivity contribution in [2.45, 2.75) is 32.2 Å². The molecule has 1 saturated heterocycles. The Balaban J connectivity index is 1.35. The number of methoxy groups -OCH3 is 2. The Kier molecular flexibility index (Phi) is 5.93. The van der Waals surface area contributed by atoms with Crippen LogP contribution in [0.4, 0.5) is 4.79 Å². The van der Waals surface area contributed by atoms with Gasteiger partial charge in [0.1, 0.15) is 0 Å². The Morgan fingerprint density at radius 1 is 0.931 bits per heavy atom. The molecule has 4 rings (SSSR count). The van der Waals surface area contributed by atoms with Crippen molar-refractivity contribution in [2.75, 3.05) is 33.9 Å². The van der Waals surface area contributed by atoms with Gasteiger partial charge in [0, 0.05) is 26.2 Å². The van der Waals surface area contributed by atoms with Crippen LogP contribution in [0, 0.1) is 5.92 Å². The molecular formula is C24H30N2O3. The predicted octanol–water partition coefficient (Wildman–Crippen LogP) is 4.14. The standard InChI is InChI=1S/C24H30N2O3/c1-28-22-15-20-10-13-26(17-21(20)16-23(22)29-2)24(27)25-11-8-19(9-12-25)14-18-6-4-3-5-7-18/h3-7,15-16,19H,8-14,17H2,1-2H3. The molecule has 0 radical (unpaired) electrons. The topological polar surface area (TPSA) is 42.0 Å². The number of benzene rings is 2. The van der Waals surface area contributed by atoms with Gasteiger partial charge >= 0.3 is 6.03 Å². The molecule has 0 aromatic heterocycles. The average Bonchev–Trinajstić information content (AvgIpc) is 2.78. The molecule has 1 fully saturated rings. The van der Waals surface area contributed by atoms with Crippen LogP contribution in [-0.2, 0) is 19.4 Å². The lowest BCUT2D eigenvalue weighted by Gasteiger charge is -2.37. The summed E-state index contributed by atoms with van der Waals surface area (Å²) in [4.78, 5) is 17.1. The number of amides is 2. The highest BCUT2D eigenvalue weighted by atomic mass is 16.5. The summed E-state index contributed by atoms with van der Waals surface area (Å²) in [6.07, 6.45) is 4.12. The summed E-state index contributed by atoms with van der Waals surface area (Å²) in [6.45, 7) is 3.10. The molecule has 5 heteroatoms. The van der Waals surface area contributed by atoms with Crippen LogP contribution in [0.5, 0.6) is 11.5 Å². The summed E-state index contributed by atoms with van der Waals surface area (Å²) >= 11 is 0. The first-order chi connectivity index (χ1) is 14.2. The molecule has 29 heavy (non-hydrogen) atoms. The normalized spacial score (nSPS) is 17.0. The zero-order valence-electron chi connectivity index (χ0n) is 17.4. The smallest absolute Gasteiger partial charge is 0.320 e. The van der Waals surface area contributed by atoms with Crippen molar-refractivity contribution in [3.8, 4) is 11.5 Å². The van der Waals surface area contributed by atoms with Crippen molar-refractivity contribution in [1.82, 2.24) is 9.80 Å². The van der Waals surface area contributed by atoms with Crippen molar-refractivity contribution in [2.24, 2.45) is 5.92 Å². The van der Waals surface area contributed by atoms with Crippen molar-refractivity contribution in [1.29, 1.82) is 0 Å². The Hall–Kier alpha value is -2.69. The number of piperidine rings is 1. The molecule has 2 amide bonds. The third-order valence-corrected chi connectivity index (χ3v) is 6.24. The minimum atomic E-state index is 0.170. The maximum atomic E-state index is 13.1. The van der Waals surface area contributed by atoms with Crippen molar-refractivity contribution >= 4 is 6.03 Å². The molecule has 154 valence electrons. The summed E-state index contributed by atoms with van der Waals surface area (Å²) in [6, 6.07) is 14.9. The van der Waals surface area contributed by atoms with E-state index < -0.39 is 0 Å². The molecule has 2 aliphatic rings. The van der Waals surface area contributed by atoms with E-state index in [2.05, 4.69) is 30.3 Å². The van der Waals surface area contributed by atoms with Gasteiger partial charge in [-0.3, -0.25) is 0 Å². The molecule has 0 N–H and O–H groups in total. The lowest BCUT2D eigenvalue weighted by Crippen LogP contribution is -2.48. The number of carbonyl (C=O) groups excluding carboxylic acids is 1. The van der Waals surface area contributed by atoms with Crippen molar-refractivity contribution in [3.63, 3.8) is 0 Å². The van der Waals surface area contributed by atoms with Crippen LogP contribution in [0.15, 0.2) is 42.5 Å². The quantitative estimate of drug-likeness (QED) is 0.783. The van der Waals surface area contributed by atoms with Gasteiger partial charge in [0.2, 0.25) is 0 Å². The minimum absolute atomic E-state index is 0.170. The first-order valence-corrected chi connectivity index (χ1v) is 10.5. The van der Waals surface area contributed by atoms with Crippen LogP contribution in [0.1, 0.15) is 29.5 Å². The van der Waals surface area contributed by atoms with Crippen LogP contribution in [0.25, 0.3) is 0 Å². The second-order valence-corrected chi connectivity index (χ2v) is 8.05. The van der Waals surface area contributed by atoms with Crippen molar-refractivity contribution < 1.29 is 14.3 Å². The third kappa shape index (κ3) is 4.34. The maximum absolute atomic E-state index is 13.1.